The Morgan fingerprint density at radius 1 is 1.42 bits per heavy atom. The fraction of sp³-hybridized carbons (Fsp3) is 1.00. The zero-order chi connectivity index (χ0) is 8.97. The minimum Gasteiger partial charge on any atom is -0.385 e. The van der Waals surface area contributed by atoms with Crippen LogP contribution >= 0.6 is 0 Å². The van der Waals surface area contributed by atoms with Gasteiger partial charge in [0.1, 0.15) is 0 Å². The molecule has 0 amide bonds. The lowest BCUT2D eigenvalue weighted by molar-refractivity contribution is 0.145. The van der Waals surface area contributed by atoms with E-state index in [4.69, 9.17) is 10.5 Å². The van der Waals surface area contributed by atoms with E-state index in [9.17, 15) is 0 Å². The van der Waals surface area contributed by atoms with Gasteiger partial charge in [0.2, 0.25) is 0 Å². The van der Waals surface area contributed by atoms with Crippen molar-refractivity contribution in [3.63, 3.8) is 0 Å². The second-order valence-corrected chi connectivity index (χ2v) is 4.12. The minimum atomic E-state index is 0.427. The maximum absolute atomic E-state index is 6.03. The van der Waals surface area contributed by atoms with Crippen LogP contribution in [0, 0.1) is 11.8 Å². The number of nitrogens with two attached hydrogens (primary N) is 1. The third-order valence-electron chi connectivity index (χ3n) is 3.00. The van der Waals surface area contributed by atoms with Crippen LogP contribution in [0.1, 0.15) is 32.6 Å². The van der Waals surface area contributed by atoms with Crippen LogP contribution in [0.15, 0.2) is 0 Å². The van der Waals surface area contributed by atoms with E-state index in [0.29, 0.717) is 12.0 Å². The highest BCUT2D eigenvalue weighted by atomic mass is 16.5. The topological polar surface area (TPSA) is 35.2 Å². The third kappa shape index (κ3) is 2.76. The molecule has 1 aliphatic carbocycles. The van der Waals surface area contributed by atoms with Crippen LogP contribution in [0.5, 0.6) is 0 Å². The summed E-state index contributed by atoms with van der Waals surface area (Å²) in [6.07, 6.45) is 4.95. The van der Waals surface area contributed by atoms with E-state index in [2.05, 4.69) is 6.92 Å². The smallest absolute Gasteiger partial charge is 0.0465 e. The van der Waals surface area contributed by atoms with Crippen molar-refractivity contribution in [3.8, 4) is 0 Å². The molecule has 0 bridgehead atoms. The molecule has 0 aromatic rings. The summed E-state index contributed by atoms with van der Waals surface area (Å²) in [5.41, 5.74) is 6.03. The summed E-state index contributed by atoms with van der Waals surface area (Å²) in [6, 6.07) is 0.427. The largest absolute Gasteiger partial charge is 0.385 e. The van der Waals surface area contributed by atoms with Gasteiger partial charge in [0, 0.05) is 19.8 Å². The van der Waals surface area contributed by atoms with Gasteiger partial charge in [0.25, 0.3) is 0 Å². The Balaban J connectivity index is 2.28. The number of rotatable bonds is 3. The molecule has 0 heterocycles. The van der Waals surface area contributed by atoms with E-state index in [0.717, 1.165) is 18.9 Å². The Morgan fingerprint density at radius 2 is 2.17 bits per heavy atom. The average molecular weight is 171 g/mol. The molecule has 2 N–H and O–H groups in total. The number of hydrogen-bond acceptors (Lipinski definition) is 2. The summed E-state index contributed by atoms with van der Waals surface area (Å²) in [6.45, 7) is 3.19. The number of ether oxygens (including phenoxy) is 1. The van der Waals surface area contributed by atoms with Gasteiger partial charge < -0.3 is 10.5 Å². The van der Waals surface area contributed by atoms with Gasteiger partial charge in [0.05, 0.1) is 0 Å². The van der Waals surface area contributed by atoms with Crippen molar-refractivity contribution < 1.29 is 4.74 Å². The molecule has 2 heteroatoms. The van der Waals surface area contributed by atoms with Gasteiger partial charge in [-0.05, 0) is 37.5 Å². The monoisotopic (exact) mass is 171 g/mol. The van der Waals surface area contributed by atoms with E-state index in [1.165, 1.54) is 19.3 Å². The lowest BCUT2D eigenvalue weighted by Gasteiger charge is -2.32. The number of hydrogen-bond donors (Lipinski definition) is 1. The van der Waals surface area contributed by atoms with E-state index in [-0.39, 0.29) is 0 Å². The molecule has 1 fully saturated rings. The summed E-state index contributed by atoms with van der Waals surface area (Å²) >= 11 is 0. The maximum atomic E-state index is 6.03. The van der Waals surface area contributed by atoms with Gasteiger partial charge in [0.15, 0.2) is 0 Å². The van der Waals surface area contributed by atoms with Gasteiger partial charge in [-0.3, -0.25) is 0 Å². The predicted molar refractivity (Wildman–Crippen MR) is 51.0 cm³/mol. The molecule has 12 heavy (non-hydrogen) atoms. The van der Waals surface area contributed by atoms with Crippen LogP contribution in [0.3, 0.4) is 0 Å². The third-order valence-corrected chi connectivity index (χ3v) is 3.00. The zero-order valence-corrected chi connectivity index (χ0v) is 8.25. The van der Waals surface area contributed by atoms with Crippen molar-refractivity contribution in [2.24, 2.45) is 17.6 Å². The molecule has 2 nitrogen and oxygen atoms in total. The molecule has 0 aromatic heterocycles. The lowest BCUT2D eigenvalue weighted by atomic mass is 9.78. The Labute approximate surface area is 75.5 Å². The molecule has 72 valence electrons. The highest BCUT2D eigenvalue weighted by Crippen LogP contribution is 2.29. The van der Waals surface area contributed by atoms with Crippen molar-refractivity contribution in [2.45, 2.75) is 38.6 Å². The summed E-state index contributed by atoms with van der Waals surface area (Å²) in [7, 11) is 1.76. The maximum Gasteiger partial charge on any atom is 0.0465 e. The molecule has 3 unspecified atom stereocenters. The molecule has 0 aromatic carbocycles. The molecule has 1 rings (SSSR count). The second kappa shape index (κ2) is 4.83. The van der Waals surface area contributed by atoms with Crippen molar-refractivity contribution in [2.75, 3.05) is 13.7 Å². The first-order valence-corrected chi connectivity index (χ1v) is 4.98. The SMILES string of the molecule is COCCC1CC(C)CCC1N. The molecule has 0 aliphatic heterocycles. The first kappa shape index (κ1) is 10.0. The van der Waals surface area contributed by atoms with Gasteiger partial charge in [-0.1, -0.05) is 6.92 Å². The van der Waals surface area contributed by atoms with Crippen LogP contribution in [-0.4, -0.2) is 19.8 Å². The highest BCUT2D eigenvalue weighted by molar-refractivity contribution is 4.80. The van der Waals surface area contributed by atoms with Gasteiger partial charge >= 0.3 is 0 Å². The summed E-state index contributed by atoms with van der Waals surface area (Å²) in [5.74, 6) is 1.57. The quantitative estimate of drug-likeness (QED) is 0.702. The summed E-state index contributed by atoms with van der Waals surface area (Å²) in [5, 5.41) is 0. The Morgan fingerprint density at radius 3 is 2.83 bits per heavy atom. The summed E-state index contributed by atoms with van der Waals surface area (Å²) < 4.78 is 5.07. The predicted octanol–water partition coefficient (Wildman–Crippen LogP) is 1.79. The fourth-order valence-electron chi connectivity index (χ4n) is 2.12. The lowest BCUT2D eigenvalue weighted by Crippen LogP contribution is -2.36. The van der Waals surface area contributed by atoms with Crippen LogP contribution in [0.2, 0.25) is 0 Å². The first-order chi connectivity index (χ1) is 5.74. The Hall–Kier alpha value is -0.0800. The minimum absolute atomic E-state index is 0.427. The standard InChI is InChI=1S/C10H21NO/c1-8-3-4-10(11)9(7-8)5-6-12-2/h8-10H,3-7,11H2,1-2H3. The molecule has 1 saturated carbocycles. The van der Waals surface area contributed by atoms with Crippen molar-refractivity contribution in [3.05, 3.63) is 0 Å². The van der Waals surface area contributed by atoms with E-state index < -0.39 is 0 Å². The molecule has 0 radical (unpaired) electrons. The van der Waals surface area contributed by atoms with Crippen molar-refractivity contribution in [1.29, 1.82) is 0 Å². The zero-order valence-electron chi connectivity index (χ0n) is 8.25. The van der Waals surface area contributed by atoms with Crippen LogP contribution < -0.4 is 5.73 Å². The molecule has 1 aliphatic rings. The molecule has 3 atom stereocenters. The highest BCUT2D eigenvalue weighted by Gasteiger charge is 2.25. The average Bonchev–Trinajstić information content (AvgIpc) is 2.07. The first-order valence-electron chi connectivity index (χ1n) is 4.98. The van der Waals surface area contributed by atoms with Crippen molar-refractivity contribution in [1.82, 2.24) is 0 Å². The molecular formula is C10H21NO. The normalized spacial score (nSPS) is 36.8. The van der Waals surface area contributed by atoms with Crippen LogP contribution in [0.4, 0.5) is 0 Å². The summed E-state index contributed by atoms with van der Waals surface area (Å²) in [4.78, 5) is 0. The molecule has 0 saturated heterocycles. The molecule has 0 spiro atoms. The van der Waals surface area contributed by atoms with Gasteiger partial charge in [-0.15, -0.1) is 0 Å². The second-order valence-electron chi connectivity index (χ2n) is 4.12. The van der Waals surface area contributed by atoms with Crippen LogP contribution in [0.25, 0.3) is 0 Å². The van der Waals surface area contributed by atoms with Gasteiger partial charge in [-0.25, -0.2) is 0 Å². The Kier molecular flexibility index (Phi) is 4.02. The van der Waals surface area contributed by atoms with Crippen molar-refractivity contribution >= 4 is 0 Å². The molecular weight excluding hydrogens is 150 g/mol. The van der Waals surface area contributed by atoms with E-state index in [1.54, 1.807) is 7.11 Å². The Bertz CT molecular complexity index is 127. The van der Waals surface area contributed by atoms with E-state index in [1.807, 2.05) is 0 Å². The van der Waals surface area contributed by atoms with Crippen LogP contribution in [-0.2, 0) is 4.74 Å². The fourth-order valence-corrected chi connectivity index (χ4v) is 2.12. The number of methoxy groups -OCH3 is 1. The van der Waals surface area contributed by atoms with E-state index >= 15 is 0 Å². The van der Waals surface area contributed by atoms with Gasteiger partial charge in [-0.2, -0.15) is 0 Å².